The van der Waals surface area contributed by atoms with Crippen molar-refractivity contribution in [3.05, 3.63) is 94.5 Å². The molecule has 1 aliphatic carbocycles. The summed E-state index contributed by atoms with van der Waals surface area (Å²) in [4.78, 5) is 28.8. The lowest BCUT2D eigenvalue weighted by atomic mass is 10.1. The van der Waals surface area contributed by atoms with Crippen molar-refractivity contribution in [3.8, 4) is 0 Å². The molecule has 212 valence electrons. The predicted molar refractivity (Wildman–Crippen MR) is 159 cm³/mol. The van der Waals surface area contributed by atoms with Gasteiger partial charge < -0.3 is 10.2 Å². The van der Waals surface area contributed by atoms with Crippen LogP contribution in [0.5, 0.6) is 0 Å². The van der Waals surface area contributed by atoms with Crippen LogP contribution in [0.3, 0.4) is 0 Å². The Morgan fingerprint density at radius 2 is 1.65 bits per heavy atom. The molecular formula is C31H36ClN3O4S. The lowest BCUT2D eigenvalue weighted by Gasteiger charge is -2.32. The lowest BCUT2D eigenvalue weighted by molar-refractivity contribution is -0.139. The van der Waals surface area contributed by atoms with Crippen LogP contribution in [0.25, 0.3) is 0 Å². The molecule has 2 amide bonds. The highest BCUT2D eigenvalue weighted by Gasteiger charge is 2.33. The molecule has 0 heterocycles. The summed E-state index contributed by atoms with van der Waals surface area (Å²) < 4.78 is 28.9. The number of nitrogens with one attached hydrogen (secondary N) is 1. The van der Waals surface area contributed by atoms with E-state index in [0.717, 1.165) is 46.7 Å². The summed E-state index contributed by atoms with van der Waals surface area (Å²) in [5.74, 6) is -0.752. The maximum atomic E-state index is 14.0. The number of nitrogens with zero attached hydrogens (tertiary/aromatic N) is 2. The fourth-order valence-corrected chi connectivity index (χ4v) is 6.58. The number of carbonyl (C=O) groups is 2. The van der Waals surface area contributed by atoms with Crippen molar-refractivity contribution in [2.75, 3.05) is 10.8 Å². The van der Waals surface area contributed by atoms with Gasteiger partial charge in [0.05, 0.1) is 10.6 Å². The van der Waals surface area contributed by atoms with Crippen molar-refractivity contribution < 1.29 is 18.0 Å². The van der Waals surface area contributed by atoms with Crippen molar-refractivity contribution in [2.24, 2.45) is 0 Å². The fraction of sp³-hybridized carbons (Fsp3) is 0.355. The highest BCUT2D eigenvalue weighted by atomic mass is 35.5. The first-order chi connectivity index (χ1) is 19.1. The van der Waals surface area contributed by atoms with Crippen molar-refractivity contribution in [1.29, 1.82) is 0 Å². The molecule has 1 N–H and O–H groups in total. The normalized spacial score (nSPS) is 14.5. The highest BCUT2D eigenvalue weighted by Crippen LogP contribution is 2.27. The average molecular weight is 582 g/mol. The van der Waals surface area contributed by atoms with Gasteiger partial charge in [-0.05, 0) is 86.7 Å². The molecule has 1 atom stereocenters. The van der Waals surface area contributed by atoms with E-state index in [1.165, 1.54) is 17.0 Å². The van der Waals surface area contributed by atoms with Gasteiger partial charge in [-0.15, -0.1) is 0 Å². The number of sulfonamides is 1. The van der Waals surface area contributed by atoms with Crippen LogP contribution in [0, 0.1) is 13.8 Å². The third-order valence-corrected chi connectivity index (χ3v) is 9.52. The smallest absolute Gasteiger partial charge is 0.264 e. The number of rotatable bonds is 10. The number of carbonyl (C=O) groups excluding carboxylic acids is 2. The Bertz CT molecular complexity index is 1460. The molecule has 3 aromatic rings. The average Bonchev–Trinajstić information content (AvgIpc) is 3.45. The van der Waals surface area contributed by atoms with E-state index in [1.807, 2.05) is 26.0 Å². The Hall–Kier alpha value is -3.36. The van der Waals surface area contributed by atoms with E-state index >= 15 is 0 Å². The number of amides is 2. The largest absolute Gasteiger partial charge is 0.352 e. The molecule has 40 heavy (non-hydrogen) atoms. The standard InChI is InChI=1S/C31H36ClN3O4S/c1-22-16-17-28(18-23(22)2)35(40(38,39)29-14-5-4-6-15-29)21-30(36)34(20-25-10-9-11-26(32)19-25)24(3)31(37)33-27-12-7-8-13-27/h4-6,9-11,14-19,24,27H,7-8,12-13,20-21H2,1-3H3,(H,33,37). The van der Waals surface area contributed by atoms with Gasteiger partial charge in [-0.25, -0.2) is 8.42 Å². The predicted octanol–water partition coefficient (Wildman–Crippen LogP) is 5.63. The van der Waals surface area contributed by atoms with Gasteiger partial charge in [0.15, 0.2) is 0 Å². The number of aryl methyl sites for hydroxylation is 2. The van der Waals surface area contributed by atoms with Gasteiger partial charge >= 0.3 is 0 Å². The SMILES string of the molecule is Cc1ccc(N(CC(=O)N(Cc2cccc(Cl)c2)C(C)C(=O)NC2CCCC2)S(=O)(=O)c2ccccc2)cc1C. The molecule has 0 saturated heterocycles. The van der Waals surface area contributed by atoms with Gasteiger partial charge in [0.25, 0.3) is 10.0 Å². The second-order valence-corrected chi connectivity index (χ2v) is 12.7. The molecule has 3 aromatic carbocycles. The zero-order valence-corrected chi connectivity index (χ0v) is 24.7. The maximum absolute atomic E-state index is 14.0. The van der Waals surface area contributed by atoms with Crippen molar-refractivity contribution in [2.45, 2.75) is 70.0 Å². The Morgan fingerprint density at radius 1 is 0.950 bits per heavy atom. The topological polar surface area (TPSA) is 86.8 Å². The van der Waals surface area contributed by atoms with E-state index in [9.17, 15) is 18.0 Å². The van der Waals surface area contributed by atoms with Gasteiger partial charge in [0.1, 0.15) is 12.6 Å². The Morgan fingerprint density at radius 3 is 2.30 bits per heavy atom. The van der Waals surface area contributed by atoms with Gasteiger partial charge in [-0.1, -0.05) is 60.8 Å². The maximum Gasteiger partial charge on any atom is 0.264 e. The van der Waals surface area contributed by atoms with Crippen LogP contribution in [0.4, 0.5) is 5.69 Å². The first-order valence-corrected chi connectivity index (χ1v) is 15.4. The summed E-state index contributed by atoms with van der Waals surface area (Å²) in [5, 5.41) is 3.59. The van der Waals surface area contributed by atoms with Crippen LogP contribution in [0.1, 0.15) is 49.3 Å². The second kappa shape index (κ2) is 12.9. The molecule has 0 spiro atoms. The summed E-state index contributed by atoms with van der Waals surface area (Å²) in [7, 11) is -4.09. The first-order valence-electron chi connectivity index (χ1n) is 13.6. The van der Waals surface area contributed by atoms with E-state index in [4.69, 9.17) is 11.6 Å². The van der Waals surface area contributed by atoms with E-state index < -0.39 is 28.5 Å². The number of hydrogen-bond donors (Lipinski definition) is 1. The van der Waals surface area contributed by atoms with Crippen LogP contribution in [0.15, 0.2) is 77.7 Å². The molecule has 1 fully saturated rings. The minimum absolute atomic E-state index is 0.0782. The van der Waals surface area contributed by atoms with Crippen LogP contribution in [-0.4, -0.2) is 43.8 Å². The van der Waals surface area contributed by atoms with Crippen LogP contribution < -0.4 is 9.62 Å². The van der Waals surface area contributed by atoms with Gasteiger partial charge in [-0.2, -0.15) is 0 Å². The molecule has 0 radical (unpaired) electrons. The monoisotopic (exact) mass is 581 g/mol. The lowest BCUT2D eigenvalue weighted by Crippen LogP contribution is -2.52. The molecule has 0 bridgehead atoms. The molecule has 0 aromatic heterocycles. The fourth-order valence-electron chi connectivity index (χ4n) is 4.94. The summed E-state index contributed by atoms with van der Waals surface area (Å²) in [6, 6.07) is 19.7. The Balaban J connectivity index is 1.69. The van der Waals surface area contributed by atoms with Crippen LogP contribution in [-0.2, 0) is 26.2 Å². The Kier molecular flexibility index (Phi) is 9.53. The van der Waals surface area contributed by atoms with Crippen LogP contribution >= 0.6 is 11.6 Å². The van der Waals surface area contributed by atoms with Gasteiger partial charge in [0.2, 0.25) is 11.8 Å². The molecule has 1 saturated carbocycles. The van der Waals surface area contributed by atoms with Crippen LogP contribution in [0.2, 0.25) is 5.02 Å². The molecular weight excluding hydrogens is 546 g/mol. The zero-order chi connectivity index (χ0) is 28.9. The van der Waals surface area contributed by atoms with E-state index in [2.05, 4.69) is 5.32 Å². The molecule has 7 nitrogen and oxygen atoms in total. The number of hydrogen-bond acceptors (Lipinski definition) is 4. The van der Waals surface area contributed by atoms with Crippen molar-refractivity contribution >= 4 is 39.1 Å². The molecule has 9 heteroatoms. The minimum atomic E-state index is -4.09. The quantitative estimate of drug-likeness (QED) is 0.336. The molecule has 1 aliphatic rings. The third kappa shape index (κ3) is 7.04. The summed E-state index contributed by atoms with van der Waals surface area (Å²) in [6.07, 6.45) is 3.95. The van der Waals surface area contributed by atoms with E-state index in [0.29, 0.717) is 10.7 Å². The second-order valence-electron chi connectivity index (χ2n) is 10.4. The minimum Gasteiger partial charge on any atom is -0.352 e. The number of benzene rings is 3. The van der Waals surface area contributed by atoms with Gasteiger partial charge in [-0.3, -0.25) is 13.9 Å². The molecule has 4 rings (SSSR count). The van der Waals surface area contributed by atoms with Gasteiger partial charge in [0, 0.05) is 17.6 Å². The highest BCUT2D eigenvalue weighted by molar-refractivity contribution is 7.92. The first kappa shape index (κ1) is 29.6. The van der Waals surface area contributed by atoms with E-state index in [-0.39, 0.29) is 23.4 Å². The number of anilines is 1. The summed E-state index contributed by atoms with van der Waals surface area (Å²) in [5.41, 5.74) is 3.03. The molecule has 1 unspecified atom stereocenters. The summed E-state index contributed by atoms with van der Waals surface area (Å²) >= 11 is 6.21. The zero-order valence-electron chi connectivity index (χ0n) is 23.1. The number of halogens is 1. The third-order valence-electron chi connectivity index (χ3n) is 7.50. The molecule has 0 aliphatic heterocycles. The van der Waals surface area contributed by atoms with Crippen molar-refractivity contribution in [3.63, 3.8) is 0 Å². The Labute approximate surface area is 242 Å². The summed E-state index contributed by atoms with van der Waals surface area (Å²) in [6.45, 7) is 5.15. The van der Waals surface area contributed by atoms with Crippen molar-refractivity contribution in [1.82, 2.24) is 10.2 Å². The van der Waals surface area contributed by atoms with E-state index in [1.54, 1.807) is 55.5 Å².